The lowest BCUT2D eigenvalue weighted by Gasteiger charge is -2.13. The molecule has 0 saturated heterocycles. The highest BCUT2D eigenvalue weighted by Crippen LogP contribution is 2.13. The predicted octanol–water partition coefficient (Wildman–Crippen LogP) is 2.11. The molecule has 3 unspecified atom stereocenters. The van der Waals surface area contributed by atoms with Gasteiger partial charge in [-0.15, -0.1) is 0 Å². The Kier molecular flexibility index (Phi) is 4.62. The summed E-state index contributed by atoms with van der Waals surface area (Å²) in [5.74, 6) is 0.417. The van der Waals surface area contributed by atoms with E-state index in [-0.39, 0.29) is 6.04 Å². The van der Waals surface area contributed by atoms with Gasteiger partial charge in [0.2, 0.25) is 0 Å². The first kappa shape index (κ1) is 9.89. The molecule has 3 atom stereocenters. The molecule has 0 aromatic rings. The van der Waals surface area contributed by atoms with Crippen LogP contribution in [0.5, 0.6) is 0 Å². The van der Waals surface area contributed by atoms with E-state index in [1.165, 1.54) is 0 Å². The number of hydrogen-bond acceptors (Lipinski definition) is 1. The van der Waals surface area contributed by atoms with Crippen molar-refractivity contribution >= 4 is 0 Å². The standard InChI is InChI=1S/C8H18FN/c1-6(4-7(2)9)5-8(3)10/h6-8H,4-5,10H2,1-3H3. The van der Waals surface area contributed by atoms with Crippen LogP contribution in [0.2, 0.25) is 0 Å². The zero-order chi connectivity index (χ0) is 8.15. The van der Waals surface area contributed by atoms with Crippen molar-refractivity contribution in [1.82, 2.24) is 0 Å². The number of nitrogens with two attached hydrogens (primary N) is 1. The van der Waals surface area contributed by atoms with Crippen molar-refractivity contribution in [1.29, 1.82) is 0 Å². The highest BCUT2D eigenvalue weighted by molar-refractivity contribution is 4.62. The monoisotopic (exact) mass is 147 g/mol. The van der Waals surface area contributed by atoms with E-state index >= 15 is 0 Å². The summed E-state index contributed by atoms with van der Waals surface area (Å²) in [5, 5.41) is 0. The molecule has 0 rings (SSSR count). The minimum atomic E-state index is -0.686. The topological polar surface area (TPSA) is 26.0 Å². The average Bonchev–Trinajstić information content (AvgIpc) is 1.58. The van der Waals surface area contributed by atoms with Crippen LogP contribution in [-0.4, -0.2) is 12.2 Å². The molecule has 0 aromatic carbocycles. The summed E-state index contributed by atoms with van der Waals surface area (Å²) in [6.45, 7) is 5.59. The maximum atomic E-state index is 12.4. The second kappa shape index (κ2) is 4.67. The van der Waals surface area contributed by atoms with E-state index in [4.69, 9.17) is 5.73 Å². The van der Waals surface area contributed by atoms with E-state index in [9.17, 15) is 4.39 Å². The number of halogens is 1. The molecular weight excluding hydrogens is 129 g/mol. The van der Waals surface area contributed by atoms with Crippen LogP contribution >= 0.6 is 0 Å². The van der Waals surface area contributed by atoms with Gasteiger partial charge in [0.25, 0.3) is 0 Å². The predicted molar refractivity (Wildman–Crippen MR) is 42.6 cm³/mol. The fourth-order valence-corrected chi connectivity index (χ4v) is 1.29. The molecule has 0 heterocycles. The third-order valence-electron chi connectivity index (χ3n) is 1.50. The van der Waals surface area contributed by atoms with Crippen LogP contribution in [0.25, 0.3) is 0 Å². The molecule has 0 bridgehead atoms. The van der Waals surface area contributed by atoms with Crippen molar-refractivity contribution in [2.45, 2.75) is 45.8 Å². The third-order valence-corrected chi connectivity index (χ3v) is 1.50. The van der Waals surface area contributed by atoms with Crippen LogP contribution in [0.3, 0.4) is 0 Å². The number of rotatable bonds is 4. The van der Waals surface area contributed by atoms with Gasteiger partial charge in [-0.25, -0.2) is 4.39 Å². The molecular formula is C8H18FN. The van der Waals surface area contributed by atoms with Crippen molar-refractivity contribution < 1.29 is 4.39 Å². The summed E-state index contributed by atoms with van der Waals surface area (Å²) in [7, 11) is 0. The molecule has 2 N–H and O–H groups in total. The molecule has 0 radical (unpaired) electrons. The van der Waals surface area contributed by atoms with Gasteiger partial charge in [0.05, 0.1) is 6.17 Å². The maximum Gasteiger partial charge on any atom is 0.0976 e. The number of alkyl halides is 1. The Morgan fingerprint density at radius 2 is 1.70 bits per heavy atom. The van der Waals surface area contributed by atoms with Crippen LogP contribution in [0.15, 0.2) is 0 Å². The highest BCUT2D eigenvalue weighted by atomic mass is 19.1. The van der Waals surface area contributed by atoms with Crippen molar-refractivity contribution in [2.75, 3.05) is 0 Å². The highest BCUT2D eigenvalue weighted by Gasteiger charge is 2.08. The zero-order valence-electron chi connectivity index (χ0n) is 7.10. The van der Waals surface area contributed by atoms with Gasteiger partial charge < -0.3 is 5.73 Å². The molecule has 62 valence electrons. The molecule has 0 aliphatic heterocycles. The van der Waals surface area contributed by atoms with Crippen molar-refractivity contribution in [3.05, 3.63) is 0 Å². The first-order valence-corrected chi connectivity index (χ1v) is 3.92. The summed E-state index contributed by atoms with van der Waals surface area (Å²) in [5.41, 5.74) is 5.55. The molecule has 0 spiro atoms. The zero-order valence-corrected chi connectivity index (χ0v) is 7.10. The van der Waals surface area contributed by atoms with E-state index in [1.807, 2.05) is 13.8 Å². The van der Waals surface area contributed by atoms with Crippen molar-refractivity contribution in [3.63, 3.8) is 0 Å². The first-order chi connectivity index (χ1) is 4.52. The fourth-order valence-electron chi connectivity index (χ4n) is 1.29. The van der Waals surface area contributed by atoms with Crippen molar-refractivity contribution in [2.24, 2.45) is 11.7 Å². The Hall–Kier alpha value is -0.110. The van der Waals surface area contributed by atoms with Gasteiger partial charge in [0.15, 0.2) is 0 Å². The van der Waals surface area contributed by atoms with Gasteiger partial charge in [-0.2, -0.15) is 0 Å². The lowest BCUT2D eigenvalue weighted by molar-refractivity contribution is 0.284. The van der Waals surface area contributed by atoms with E-state index in [0.29, 0.717) is 12.3 Å². The van der Waals surface area contributed by atoms with Crippen LogP contribution in [0.4, 0.5) is 4.39 Å². The van der Waals surface area contributed by atoms with Gasteiger partial charge in [-0.3, -0.25) is 0 Å². The van der Waals surface area contributed by atoms with Crippen LogP contribution < -0.4 is 5.73 Å². The Balaban J connectivity index is 3.34. The molecule has 0 aromatic heterocycles. The molecule has 10 heavy (non-hydrogen) atoms. The van der Waals surface area contributed by atoms with Gasteiger partial charge in [0.1, 0.15) is 0 Å². The summed E-state index contributed by atoms with van der Waals surface area (Å²) >= 11 is 0. The Labute approximate surface area is 62.8 Å². The maximum absolute atomic E-state index is 12.4. The first-order valence-electron chi connectivity index (χ1n) is 3.92. The average molecular weight is 147 g/mol. The normalized spacial score (nSPS) is 20.1. The van der Waals surface area contributed by atoms with Gasteiger partial charge >= 0.3 is 0 Å². The molecule has 2 heteroatoms. The fraction of sp³-hybridized carbons (Fsp3) is 1.00. The Morgan fingerprint density at radius 1 is 1.20 bits per heavy atom. The second-order valence-corrected chi connectivity index (χ2v) is 3.33. The third kappa shape index (κ3) is 6.02. The number of hydrogen-bond donors (Lipinski definition) is 1. The van der Waals surface area contributed by atoms with Crippen molar-refractivity contribution in [3.8, 4) is 0 Å². The molecule has 0 amide bonds. The molecule has 0 saturated carbocycles. The van der Waals surface area contributed by atoms with Crippen LogP contribution in [-0.2, 0) is 0 Å². The van der Waals surface area contributed by atoms with Gasteiger partial charge in [-0.05, 0) is 32.6 Å². The molecule has 0 aliphatic rings. The SMILES string of the molecule is CC(N)CC(C)CC(C)F. The summed E-state index contributed by atoms with van der Waals surface area (Å²) < 4.78 is 12.4. The summed E-state index contributed by atoms with van der Waals surface area (Å²) in [4.78, 5) is 0. The van der Waals surface area contributed by atoms with Gasteiger partial charge in [0, 0.05) is 6.04 Å². The van der Waals surface area contributed by atoms with E-state index in [0.717, 1.165) is 6.42 Å². The minimum Gasteiger partial charge on any atom is -0.328 e. The largest absolute Gasteiger partial charge is 0.328 e. The molecule has 0 aliphatic carbocycles. The van der Waals surface area contributed by atoms with Crippen LogP contribution in [0.1, 0.15) is 33.6 Å². The van der Waals surface area contributed by atoms with Crippen LogP contribution in [0, 0.1) is 5.92 Å². The lowest BCUT2D eigenvalue weighted by Crippen LogP contribution is -2.19. The summed E-state index contributed by atoms with van der Waals surface area (Å²) in [6.07, 6.45) is 0.879. The quantitative estimate of drug-likeness (QED) is 0.647. The Morgan fingerprint density at radius 3 is 2.00 bits per heavy atom. The smallest absolute Gasteiger partial charge is 0.0976 e. The molecule has 0 fully saturated rings. The van der Waals surface area contributed by atoms with E-state index < -0.39 is 6.17 Å². The van der Waals surface area contributed by atoms with E-state index in [2.05, 4.69) is 0 Å². The Bertz CT molecular complexity index is 71.3. The minimum absolute atomic E-state index is 0.203. The van der Waals surface area contributed by atoms with E-state index in [1.54, 1.807) is 6.92 Å². The lowest BCUT2D eigenvalue weighted by atomic mass is 9.98. The van der Waals surface area contributed by atoms with Gasteiger partial charge in [-0.1, -0.05) is 6.92 Å². The second-order valence-electron chi connectivity index (χ2n) is 3.33. The molecule has 1 nitrogen and oxygen atoms in total. The summed E-state index contributed by atoms with van der Waals surface area (Å²) in [6, 6.07) is 0.203.